The summed E-state index contributed by atoms with van der Waals surface area (Å²) in [6.45, 7) is 5.38. The molecule has 0 radical (unpaired) electrons. The molecule has 0 aliphatic carbocycles. The third-order valence-corrected chi connectivity index (χ3v) is 3.21. The first kappa shape index (κ1) is 18.1. The number of amides is 3. The molecule has 0 aromatic heterocycles. The van der Waals surface area contributed by atoms with Gasteiger partial charge >= 0.3 is 6.03 Å². The third kappa shape index (κ3) is 6.22. The van der Waals surface area contributed by atoms with Crippen LogP contribution in [-0.2, 0) is 4.79 Å². The lowest BCUT2D eigenvalue weighted by Crippen LogP contribution is -2.53. The number of nitrogens with two attached hydrogens (primary N) is 1. The van der Waals surface area contributed by atoms with Crippen LogP contribution in [0, 0.1) is 0 Å². The molecule has 0 spiro atoms. The molecule has 0 aromatic rings. The highest BCUT2D eigenvalue weighted by atomic mass is 35.5. The Hall–Kier alpha value is -0.850. The van der Waals surface area contributed by atoms with E-state index in [2.05, 4.69) is 15.5 Å². The number of halogens is 1. The van der Waals surface area contributed by atoms with E-state index in [1.165, 1.54) is 0 Å². The zero-order valence-corrected chi connectivity index (χ0v) is 12.5. The molecule has 0 bridgehead atoms. The maximum absolute atomic E-state index is 11.7. The molecule has 3 amide bonds. The van der Waals surface area contributed by atoms with E-state index >= 15 is 0 Å². The Morgan fingerprint density at radius 1 is 1.42 bits per heavy atom. The van der Waals surface area contributed by atoms with Crippen molar-refractivity contribution in [3.63, 3.8) is 0 Å². The normalized spacial score (nSPS) is 21.1. The van der Waals surface area contributed by atoms with Gasteiger partial charge in [-0.25, -0.2) is 4.79 Å². The number of hydrogen-bond donors (Lipinski definition) is 3. The Morgan fingerprint density at radius 3 is 2.68 bits per heavy atom. The molecule has 1 rings (SSSR count). The average Bonchev–Trinajstić information content (AvgIpc) is 2.29. The quantitative estimate of drug-likeness (QED) is 0.702. The molecule has 112 valence electrons. The standard InChI is InChI=1S/C12H24N4O2.ClH/c1-3-14-12(18)15-11(17)8-16-7-5-4-6-10(16)9(2)13;/h9-10H,3-8,13H2,1-2H3,(H2,14,15,17,18);1H. The fourth-order valence-electron chi connectivity index (χ4n) is 2.36. The molecule has 1 saturated heterocycles. The number of imide groups is 1. The number of urea groups is 1. The summed E-state index contributed by atoms with van der Waals surface area (Å²) < 4.78 is 0. The lowest BCUT2D eigenvalue weighted by molar-refractivity contribution is -0.122. The number of hydrogen-bond acceptors (Lipinski definition) is 4. The van der Waals surface area contributed by atoms with E-state index in [4.69, 9.17) is 5.73 Å². The van der Waals surface area contributed by atoms with Gasteiger partial charge in [-0.3, -0.25) is 15.0 Å². The van der Waals surface area contributed by atoms with E-state index in [1.54, 1.807) is 6.92 Å². The predicted molar refractivity (Wildman–Crippen MR) is 77.3 cm³/mol. The van der Waals surface area contributed by atoms with Crippen molar-refractivity contribution in [3.8, 4) is 0 Å². The van der Waals surface area contributed by atoms with Gasteiger partial charge in [-0.15, -0.1) is 12.4 Å². The van der Waals surface area contributed by atoms with Crippen molar-refractivity contribution in [3.05, 3.63) is 0 Å². The second-order valence-electron chi connectivity index (χ2n) is 4.80. The fraction of sp³-hybridized carbons (Fsp3) is 0.833. The molecule has 1 heterocycles. The van der Waals surface area contributed by atoms with Crippen LogP contribution in [0.2, 0.25) is 0 Å². The molecule has 2 atom stereocenters. The van der Waals surface area contributed by atoms with Gasteiger partial charge in [0.25, 0.3) is 0 Å². The Bertz CT molecular complexity index is 299. The molecule has 1 aliphatic rings. The summed E-state index contributed by atoms with van der Waals surface area (Å²) in [6.07, 6.45) is 3.25. The summed E-state index contributed by atoms with van der Waals surface area (Å²) in [7, 11) is 0. The SMILES string of the molecule is CCNC(=O)NC(=O)CN1CCCCC1C(C)N.Cl. The first-order valence-corrected chi connectivity index (χ1v) is 6.62. The Labute approximate surface area is 120 Å². The minimum Gasteiger partial charge on any atom is -0.338 e. The third-order valence-electron chi connectivity index (χ3n) is 3.21. The number of rotatable bonds is 4. The van der Waals surface area contributed by atoms with E-state index in [1.807, 2.05) is 6.92 Å². The zero-order valence-electron chi connectivity index (χ0n) is 11.6. The van der Waals surface area contributed by atoms with E-state index < -0.39 is 6.03 Å². The van der Waals surface area contributed by atoms with E-state index in [9.17, 15) is 9.59 Å². The Morgan fingerprint density at radius 2 is 2.11 bits per heavy atom. The highest BCUT2D eigenvalue weighted by Crippen LogP contribution is 2.18. The lowest BCUT2D eigenvalue weighted by atomic mass is 9.97. The van der Waals surface area contributed by atoms with Crippen LogP contribution in [0.25, 0.3) is 0 Å². The number of nitrogens with zero attached hydrogens (tertiary/aromatic N) is 1. The van der Waals surface area contributed by atoms with E-state index in [0.29, 0.717) is 6.54 Å². The summed E-state index contributed by atoms with van der Waals surface area (Å²) in [6, 6.07) is -0.154. The van der Waals surface area contributed by atoms with Crippen LogP contribution < -0.4 is 16.4 Å². The summed E-state index contributed by atoms with van der Waals surface area (Å²) in [5, 5.41) is 4.85. The maximum atomic E-state index is 11.7. The van der Waals surface area contributed by atoms with E-state index in [-0.39, 0.29) is 36.9 Å². The molecule has 19 heavy (non-hydrogen) atoms. The van der Waals surface area contributed by atoms with Crippen LogP contribution in [0.1, 0.15) is 33.1 Å². The summed E-state index contributed by atoms with van der Waals surface area (Å²) >= 11 is 0. The molecular formula is C12H25ClN4O2. The molecule has 1 aliphatic heterocycles. The smallest absolute Gasteiger partial charge is 0.321 e. The molecule has 4 N–H and O–H groups in total. The molecule has 2 unspecified atom stereocenters. The van der Waals surface area contributed by atoms with Crippen molar-refractivity contribution in [2.24, 2.45) is 5.73 Å². The van der Waals surface area contributed by atoms with Crippen LogP contribution in [0.15, 0.2) is 0 Å². The molecule has 0 saturated carbocycles. The van der Waals surface area contributed by atoms with Gasteiger partial charge in [0.15, 0.2) is 0 Å². The van der Waals surface area contributed by atoms with Crippen LogP contribution >= 0.6 is 12.4 Å². The number of piperidine rings is 1. The number of carbonyl (C=O) groups excluding carboxylic acids is 2. The number of nitrogens with one attached hydrogen (secondary N) is 2. The fourth-order valence-corrected chi connectivity index (χ4v) is 2.36. The van der Waals surface area contributed by atoms with Gasteiger partial charge < -0.3 is 11.1 Å². The van der Waals surface area contributed by atoms with Gasteiger partial charge in [-0.05, 0) is 33.2 Å². The molecule has 0 aromatic carbocycles. The van der Waals surface area contributed by atoms with Gasteiger partial charge in [0.05, 0.1) is 6.54 Å². The van der Waals surface area contributed by atoms with Crippen molar-refractivity contribution in [1.29, 1.82) is 0 Å². The van der Waals surface area contributed by atoms with Gasteiger partial charge in [-0.2, -0.15) is 0 Å². The molecule has 1 fully saturated rings. The van der Waals surface area contributed by atoms with Crippen LogP contribution in [0.4, 0.5) is 4.79 Å². The predicted octanol–water partition coefficient (Wildman–Crippen LogP) is 0.456. The largest absolute Gasteiger partial charge is 0.338 e. The van der Waals surface area contributed by atoms with Gasteiger partial charge in [0.1, 0.15) is 0 Å². The molecule has 6 nitrogen and oxygen atoms in total. The first-order valence-electron chi connectivity index (χ1n) is 6.62. The monoisotopic (exact) mass is 292 g/mol. The van der Waals surface area contributed by atoms with Crippen LogP contribution in [0.5, 0.6) is 0 Å². The van der Waals surface area contributed by atoms with Crippen molar-refractivity contribution in [2.75, 3.05) is 19.6 Å². The maximum Gasteiger partial charge on any atom is 0.321 e. The second-order valence-corrected chi connectivity index (χ2v) is 4.80. The number of carbonyl (C=O) groups is 2. The summed E-state index contributed by atoms with van der Waals surface area (Å²) in [5.74, 6) is -0.270. The Balaban J connectivity index is 0.00000324. The van der Waals surface area contributed by atoms with Crippen molar-refractivity contribution in [2.45, 2.75) is 45.2 Å². The minimum atomic E-state index is -0.433. The van der Waals surface area contributed by atoms with Crippen molar-refractivity contribution < 1.29 is 9.59 Å². The summed E-state index contributed by atoms with van der Waals surface area (Å²) in [4.78, 5) is 25.0. The highest BCUT2D eigenvalue weighted by molar-refractivity contribution is 5.95. The lowest BCUT2D eigenvalue weighted by Gasteiger charge is -2.37. The van der Waals surface area contributed by atoms with Gasteiger partial charge in [-0.1, -0.05) is 6.42 Å². The Kier molecular flexibility index (Phi) is 8.71. The molecule has 7 heteroatoms. The van der Waals surface area contributed by atoms with Crippen molar-refractivity contribution in [1.82, 2.24) is 15.5 Å². The topological polar surface area (TPSA) is 87.5 Å². The minimum absolute atomic E-state index is 0. The van der Waals surface area contributed by atoms with E-state index in [0.717, 1.165) is 25.8 Å². The number of likely N-dealkylation sites (tertiary alicyclic amines) is 1. The molecular weight excluding hydrogens is 268 g/mol. The zero-order chi connectivity index (χ0) is 13.5. The van der Waals surface area contributed by atoms with Crippen molar-refractivity contribution >= 4 is 24.3 Å². The van der Waals surface area contributed by atoms with Gasteiger partial charge in [0.2, 0.25) is 5.91 Å². The average molecular weight is 293 g/mol. The highest BCUT2D eigenvalue weighted by Gasteiger charge is 2.27. The van der Waals surface area contributed by atoms with Crippen LogP contribution in [0.3, 0.4) is 0 Å². The summed E-state index contributed by atoms with van der Waals surface area (Å²) in [5.41, 5.74) is 5.93. The second kappa shape index (κ2) is 9.12. The van der Waals surface area contributed by atoms with Gasteiger partial charge in [0, 0.05) is 18.6 Å². The van der Waals surface area contributed by atoms with Crippen LogP contribution in [-0.4, -0.2) is 48.6 Å². The first-order chi connectivity index (χ1) is 8.54.